The Morgan fingerprint density at radius 2 is 2.30 bits per heavy atom. The normalized spacial score (nSPS) is 22.9. The number of hydrogen-bond acceptors (Lipinski definition) is 5. The van der Waals surface area contributed by atoms with E-state index in [2.05, 4.69) is 10.1 Å². The lowest BCUT2D eigenvalue weighted by Crippen LogP contribution is -2.37. The third-order valence-electron chi connectivity index (χ3n) is 3.46. The van der Waals surface area contributed by atoms with Crippen molar-refractivity contribution in [3.63, 3.8) is 0 Å². The maximum Gasteiger partial charge on any atom is 0.233 e. The Morgan fingerprint density at radius 1 is 1.40 bits per heavy atom. The Bertz CT molecular complexity index is 587. The van der Waals surface area contributed by atoms with E-state index in [1.165, 1.54) is 0 Å². The molecule has 1 aromatic heterocycles. The fraction of sp³-hybridized carbons (Fsp3) is 0.429. The molecule has 0 amide bonds. The second-order valence-electron chi connectivity index (χ2n) is 4.99. The molecular weight excluding hydrogens is 278 g/mol. The van der Waals surface area contributed by atoms with Gasteiger partial charge in [0, 0.05) is 24.1 Å². The lowest BCUT2D eigenvalue weighted by atomic mass is 9.97. The van der Waals surface area contributed by atoms with Crippen molar-refractivity contribution < 1.29 is 9.26 Å². The van der Waals surface area contributed by atoms with Gasteiger partial charge in [-0.25, -0.2) is 0 Å². The van der Waals surface area contributed by atoms with E-state index in [0.29, 0.717) is 36.4 Å². The Morgan fingerprint density at radius 3 is 3.10 bits per heavy atom. The smallest absolute Gasteiger partial charge is 0.233 e. The summed E-state index contributed by atoms with van der Waals surface area (Å²) in [5.74, 6) is 1.19. The molecule has 2 heterocycles. The molecule has 1 saturated heterocycles. The average molecular weight is 294 g/mol. The van der Waals surface area contributed by atoms with Gasteiger partial charge >= 0.3 is 0 Å². The minimum Gasteiger partial charge on any atom is -0.381 e. The van der Waals surface area contributed by atoms with Crippen LogP contribution in [-0.4, -0.2) is 29.4 Å². The highest BCUT2D eigenvalue weighted by atomic mass is 35.5. The maximum absolute atomic E-state index is 6.07. The van der Waals surface area contributed by atoms with Crippen molar-refractivity contribution in [2.75, 3.05) is 13.2 Å². The van der Waals surface area contributed by atoms with Crippen LogP contribution in [0, 0.1) is 0 Å². The molecular formula is C14H16ClN3O2. The summed E-state index contributed by atoms with van der Waals surface area (Å²) in [7, 11) is 0. The number of rotatable bonds is 3. The summed E-state index contributed by atoms with van der Waals surface area (Å²) in [5, 5.41) is 4.71. The molecule has 1 aliphatic heterocycles. The van der Waals surface area contributed by atoms with Gasteiger partial charge in [-0.15, -0.1) is 0 Å². The SMILES string of the molecule is NC1CCOCC1c1nc(Cc2cccc(Cl)c2)no1. The number of benzene rings is 1. The van der Waals surface area contributed by atoms with Crippen LogP contribution >= 0.6 is 11.6 Å². The van der Waals surface area contributed by atoms with Crippen LogP contribution in [0.2, 0.25) is 5.02 Å². The van der Waals surface area contributed by atoms with Gasteiger partial charge in [0.15, 0.2) is 5.82 Å². The van der Waals surface area contributed by atoms with Gasteiger partial charge < -0.3 is 15.0 Å². The van der Waals surface area contributed by atoms with E-state index in [1.807, 2.05) is 24.3 Å². The van der Waals surface area contributed by atoms with E-state index in [0.717, 1.165) is 12.0 Å². The summed E-state index contributed by atoms with van der Waals surface area (Å²) in [6, 6.07) is 7.64. The summed E-state index contributed by atoms with van der Waals surface area (Å²) >= 11 is 5.96. The highest BCUT2D eigenvalue weighted by Gasteiger charge is 2.29. The van der Waals surface area contributed by atoms with Crippen LogP contribution in [0.25, 0.3) is 0 Å². The molecule has 0 saturated carbocycles. The Balaban J connectivity index is 1.73. The summed E-state index contributed by atoms with van der Waals surface area (Å²) in [4.78, 5) is 4.43. The fourth-order valence-corrected chi connectivity index (χ4v) is 2.54. The third-order valence-corrected chi connectivity index (χ3v) is 3.70. The molecule has 6 heteroatoms. The third kappa shape index (κ3) is 3.00. The first kappa shape index (κ1) is 13.5. The van der Waals surface area contributed by atoms with Crippen molar-refractivity contribution in [3.05, 3.63) is 46.6 Å². The van der Waals surface area contributed by atoms with Gasteiger partial charge in [-0.05, 0) is 24.1 Å². The van der Waals surface area contributed by atoms with Gasteiger partial charge in [-0.2, -0.15) is 4.98 Å². The molecule has 2 atom stereocenters. The van der Waals surface area contributed by atoms with Crippen LogP contribution in [0.15, 0.2) is 28.8 Å². The summed E-state index contributed by atoms with van der Waals surface area (Å²) in [6.07, 6.45) is 1.41. The Kier molecular flexibility index (Phi) is 4.00. The predicted octanol–water partition coefficient (Wildman–Crippen LogP) is 2.14. The largest absolute Gasteiger partial charge is 0.381 e. The van der Waals surface area contributed by atoms with Gasteiger partial charge in [0.2, 0.25) is 5.89 Å². The number of ether oxygens (including phenoxy) is 1. The van der Waals surface area contributed by atoms with E-state index in [-0.39, 0.29) is 12.0 Å². The van der Waals surface area contributed by atoms with Gasteiger partial charge in [0.05, 0.1) is 12.5 Å². The molecule has 20 heavy (non-hydrogen) atoms. The number of nitrogens with two attached hydrogens (primary N) is 1. The molecule has 2 N–H and O–H groups in total. The van der Waals surface area contributed by atoms with Crippen LogP contribution in [0.3, 0.4) is 0 Å². The zero-order valence-electron chi connectivity index (χ0n) is 11.0. The van der Waals surface area contributed by atoms with Crippen LogP contribution in [0.4, 0.5) is 0 Å². The van der Waals surface area contributed by atoms with Crippen LogP contribution in [0.1, 0.15) is 29.6 Å². The fourth-order valence-electron chi connectivity index (χ4n) is 2.33. The van der Waals surface area contributed by atoms with Crippen molar-refractivity contribution in [1.29, 1.82) is 0 Å². The van der Waals surface area contributed by atoms with Gasteiger partial charge in [0.1, 0.15) is 0 Å². The lowest BCUT2D eigenvalue weighted by Gasteiger charge is -2.25. The summed E-state index contributed by atoms with van der Waals surface area (Å²) < 4.78 is 10.7. The van der Waals surface area contributed by atoms with E-state index in [9.17, 15) is 0 Å². The minimum atomic E-state index is -0.00985. The number of halogens is 1. The standard InChI is InChI=1S/C14H16ClN3O2/c15-10-3-1-2-9(6-10)7-13-17-14(20-18-13)11-8-19-5-4-12(11)16/h1-3,6,11-12H,4-5,7-8,16H2. The predicted molar refractivity (Wildman–Crippen MR) is 74.7 cm³/mol. The van der Waals surface area contributed by atoms with E-state index < -0.39 is 0 Å². The van der Waals surface area contributed by atoms with Gasteiger partial charge in [0.25, 0.3) is 0 Å². The molecule has 2 unspecified atom stereocenters. The molecule has 1 fully saturated rings. The highest BCUT2D eigenvalue weighted by Crippen LogP contribution is 2.23. The van der Waals surface area contributed by atoms with Crippen molar-refractivity contribution in [3.8, 4) is 0 Å². The first-order chi connectivity index (χ1) is 9.72. The molecule has 2 aromatic rings. The number of nitrogens with zero attached hydrogens (tertiary/aromatic N) is 2. The topological polar surface area (TPSA) is 74.2 Å². The zero-order valence-corrected chi connectivity index (χ0v) is 11.7. The number of hydrogen-bond donors (Lipinski definition) is 1. The van der Waals surface area contributed by atoms with Crippen molar-refractivity contribution in [1.82, 2.24) is 10.1 Å². The molecule has 3 rings (SSSR count). The molecule has 0 bridgehead atoms. The summed E-state index contributed by atoms with van der Waals surface area (Å²) in [6.45, 7) is 1.24. The summed E-state index contributed by atoms with van der Waals surface area (Å²) in [5.41, 5.74) is 7.12. The Hall–Kier alpha value is -1.43. The first-order valence-electron chi connectivity index (χ1n) is 6.62. The van der Waals surface area contributed by atoms with Gasteiger partial charge in [-0.3, -0.25) is 0 Å². The van der Waals surface area contributed by atoms with E-state index >= 15 is 0 Å². The monoisotopic (exact) mass is 293 g/mol. The quantitative estimate of drug-likeness (QED) is 0.938. The van der Waals surface area contributed by atoms with Crippen molar-refractivity contribution in [2.45, 2.75) is 24.8 Å². The van der Waals surface area contributed by atoms with Crippen LogP contribution in [-0.2, 0) is 11.2 Å². The highest BCUT2D eigenvalue weighted by molar-refractivity contribution is 6.30. The van der Waals surface area contributed by atoms with E-state index in [4.69, 9.17) is 26.6 Å². The van der Waals surface area contributed by atoms with Crippen molar-refractivity contribution in [2.24, 2.45) is 5.73 Å². The molecule has 1 aliphatic rings. The average Bonchev–Trinajstić information content (AvgIpc) is 2.87. The molecule has 0 aliphatic carbocycles. The van der Waals surface area contributed by atoms with Crippen LogP contribution < -0.4 is 5.73 Å². The van der Waals surface area contributed by atoms with Gasteiger partial charge in [-0.1, -0.05) is 28.9 Å². The zero-order chi connectivity index (χ0) is 13.9. The molecule has 1 aromatic carbocycles. The van der Waals surface area contributed by atoms with E-state index in [1.54, 1.807) is 0 Å². The second kappa shape index (κ2) is 5.91. The minimum absolute atomic E-state index is 0.00985. The number of aromatic nitrogens is 2. The molecule has 106 valence electrons. The Labute approximate surface area is 122 Å². The molecule has 5 nitrogen and oxygen atoms in total. The lowest BCUT2D eigenvalue weighted by molar-refractivity contribution is 0.0590. The maximum atomic E-state index is 6.07. The van der Waals surface area contributed by atoms with Crippen LogP contribution in [0.5, 0.6) is 0 Å². The molecule has 0 radical (unpaired) electrons. The second-order valence-corrected chi connectivity index (χ2v) is 5.43. The molecule has 0 spiro atoms. The van der Waals surface area contributed by atoms with Crippen molar-refractivity contribution >= 4 is 11.6 Å². The first-order valence-corrected chi connectivity index (χ1v) is 7.00.